The number of hydrogen-bond donors (Lipinski definition) is 2. The molecule has 2 unspecified atom stereocenters. The van der Waals surface area contributed by atoms with E-state index in [2.05, 4.69) is 0 Å². The minimum Gasteiger partial charge on any atom is -0.481 e. The van der Waals surface area contributed by atoms with Gasteiger partial charge < -0.3 is 20.1 Å². The Hall–Kier alpha value is -3.49. The number of ether oxygens (including phenoxy) is 1. The average molecular weight is 458 g/mol. The molecule has 0 radical (unpaired) electrons. The lowest BCUT2D eigenvalue weighted by molar-refractivity contribution is -0.158. The Morgan fingerprint density at radius 3 is 2.21 bits per heavy atom. The molecule has 0 saturated carbocycles. The van der Waals surface area contributed by atoms with Crippen molar-refractivity contribution in [2.45, 2.75) is 31.2 Å². The van der Waals surface area contributed by atoms with Gasteiger partial charge in [0.2, 0.25) is 0 Å². The van der Waals surface area contributed by atoms with Crippen LogP contribution in [0, 0.1) is 5.92 Å². The lowest BCUT2D eigenvalue weighted by Crippen LogP contribution is -2.51. The summed E-state index contributed by atoms with van der Waals surface area (Å²) in [6.45, 7) is 0.0858. The van der Waals surface area contributed by atoms with E-state index in [-0.39, 0.29) is 25.5 Å². The van der Waals surface area contributed by atoms with E-state index in [9.17, 15) is 23.2 Å². The molecule has 0 spiro atoms. The first-order chi connectivity index (χ1) is 15.7. The van der Waals surface area contributed by atoms with Gasteiger partial charge in [-0.15, -0.1) is 0 Å². The zero-order valence-corrected chi connectivity index (χ0v) is 18.0. The SMILES string of the molecule is CC1C(C(=O)O)CCN1C(=O)C(F)(F)CNC(=O)OCC1c2ccccc2-c2ccccc21. The number of alkyl carbamates (subject to hydrolysis) is 1. The van der Waals surface area contributed by atoms with E-state index in [1.807, 2.05) is 53.8 Å². The van der Waals surface area contributed by atoms with Crippen molar-refractivity contribution in [3.8, 4) is 11.1 Å². The van der Waals surface area contributed by atoms with Gasteiger partial charge in [-0.25, -0.2) is 4.79 Å². The fourth-order valence-electron chi connectivity index (χ4n) is 4.67. The Morgan fingerprint density at radius 2 is 1.67 bits per heavy atom. The summed E-state index contributed by atoms with van der Waals surface area (Å²) in [6, 6.07) is 14.6. The van der Waals surface area contributed by atoms with Crippen LogP contribution in [-0.4, -0.2) is 59.6 Å². The number of nitrogens with one attached hydrogen (secondary N) is 1. The highest BCUT2D eigenvalue weighted by Gasteiger charge is 2.48. The van der Waals surface area contributed by atoms with Gasteiger partial charge in [-0.2, -0.15) is 8.78 Å². The van der Waals surface area contributed by atoms with Crippen LogP contribution >= 0.6 is 0 Å². The van der Waals surface area contributed by atoms with Gasteiger partial charge in [-0.1, -0.05) is 48.5 Å². The molecule has 0 aromatic heterocycles. The van der Waals surface area contributed by atoms with E-state index in [0.29, 0.717) is 0 Å². The smallest absolute Gasteiger partial charge is 0.407 e. The highest BCUT2D eigenvalue weighted by atomic mass is 19.3. The number of likely N-dealkylation sites (tertiary alicyclic amines) is 1. The van der Waals surface area contributed by atoms with Crippen molar-refractivity contribution < 1.29 is 33.0 Å². The topological polar surface area (TPSA) is 95.9 Å². The molecule has 1 aliphatic carbocycles. The fraction of sp³-hybridized carbons (Fsp3) is 0.375. The predicted molar refractivity (Wildman–Crippen MR) is 115 cm³/mol. The molecule has 2 N–H and O–H groups in total. The van der Waals surface area contributed by atoms with Crippen molar-refractivity contribution in [3.63, 3.8) is 0 Å². The van der Waals surface area contributed by atoms with E-state index in [1.54, 1.807) is 0 Å². The maximum Gasteiger partial charge on any atom is 0.407 e. The van der Waals surface area contributed by atoms with Crippen molar-refractivity contribution in [3.05, 3.63) is 59.7 Å². The fourth-order valence-corrected chi connectivity index (χ4v) is 4.67. The number of fused-ring (bicyclic) bond motifs is 3. The second-order valence-electron chi connectivity index (χ2n) is 8.36. The molecule has 2 amide bonds. The number of hydrogen-bond acceptors (Lipinski definition) is 4. The Bertz CT molecular complexity index is 1040. The molecule has 1 fully saturated rings. The summed E-state index contributed by atoms with van der Waals surface area (Å²) in [5.74, 6) is -7.62. The standard InChI is InChI=1S/C24H24F2N2O5/c1-14-15(21(29)30)10-11-28(14)22(31)24(25,26)13-27-23(32)33-12-20-18-8-4-2-6-16(18)17-7-3-5-9-19(17)20/h2-9,14-15,20H,10-13H2,1H3,(H,27,32)(H,29,30). The summed E-state index contributed by atoms with van der Waals surface area (Å²) in [6.07, 6.45) is -0.944. The molecule has 9 heteroatoms. The number of carbonyl (C=O) groups is 3. The molecule has 2 atom stereocenters. The lowest BCUT2D eigenvalue weighted by Gasteiger charge is -2.27. The van der Waals surface area contributed by atoms with Crippen LogP contribution in [0.5, 0.6) is 0 Å². The van der Waals surface area contributed by atoms with E-state index < -0.39 is 42.4 Å². The third-order valence-electron chi connectivity index (χ3n) is 6.44. The van der Waals surface area contributed by atoms with Gasteiger partial charge in [-0.05, 0) is 35.6 Å². The van der Waals surface area contributed by atoms with Gasteiger partial charge in [0.05, 0.1) is 12.5 Å². The summed E-state index contributed by atoms with van der Waals surface area (Å²) in [5.41, 5.74) is 4.06. The van der Waals surface area contributed by atoms with E-state index >= 15 is 0 Å². The Balaban J connectivity index is 1.34. The van der Waals surface area contributed by atoms with Gasteiger partial charge >= 0.3 is 18.0 Å². The maximum absolute atomic E-state index is 14.5. The van der Waals surface area contributed by atoms with Crippen LogP contribution in [0.15, 0.2) is 48.5 Å². The Morgan fingerprint density at radius 1 is 1.09 bits per heavy atom. The molecule has 2 aromatic carbocycles. The minimum atomic E-state index is -3.88. The first-order valence-corrected chi connectivity index (χ1v) is 10.7. The number of alkyl halides is 2. The number of halogens is 2. The summed E-state index contributed by atoms with van der Waals surface area (Å²) < 4.78 is 34.1. The Kier molecular flexibility index (Phi) is 6.05. The molecule has 33 heavy (non-hydrogen) atoms. The highest BCUT2D eigenvalue weighted by Crippen LogP contribution is 2.44. The Labute approximate surface area is 189 Å². The van der Waals surface area contributed by atoms with Crippen molar-refractivity contribution in [1.82, 2.24) is 10.2 Å². The van der Waals surface area contributed by atoms with Crippen molar-refractivity contribution in [2.75, 3.05) is 19.7 Å². The van der Waals surface area contributed by atoms with Crippen LogP contribution in [0.4, 0.5) is 13.6 Å². The molecule has 174 valence electrons. The number of carbonyl (C=O) groups excluding carboxylic acids is 2. The first kappa shape index (κ1) is 22.7. The van der Waals surface area contributed by atoms with Crippen LogP contribution in [0.2, 0.25) is 0 Å². The lowest BCUT2D eigenvalue weighted by atomic mass is 9.98. The van der Waals surface area contributed by atoms with Crippen LogP contribution < -0.4 is 5.32 Å². The summed E-state index contributed by atoms with van der Waals surface area (Å²) >= 11 is 0. The molecule has 1 aliphatic heterocycles. The third kappa shape index (κ3) is 4.27. The molecular weight excluding hydrogens is 434 g/mol. The molecule has 1 saturated heterocycles. The van der Waals surface area contributed by atoms with Crippen LogP contribution in [0.1, 0.15) is 30.4 Å². The van der Waals surface area contributed by atoms with Gasteiger partial charge in [0.15, 0.2) is 0 Å². The molecule has 2 aromatic rings. The molecular formula is C24H24F2N2O5. The number of amides is 2. The number of rotatable bonds is 6. The molecule has 1 heterocycles. The monoisotopic (exact) mass is 458 g/mol. The third-order valence-corrected chi connectivity index (χ3v) is 6.44. The van der Waals surface area contributed by atoms with E-state index in [1.165, 1.54) is 6.92 Å². The zero-order valence-electron chi connectivity index (χ0n) is 18.0. The second kappa shape index (κ2) is 8.80. The number of aliphatic carboxylic acids is 1. The number of nitrogens with zero attached hydrogens (tertiary/aromatic N) is 1. The molecule has 0 bridgehead atoms. The summed E-state index contributed by atoms with van der Waals surface area (Å²) in [7, 11) is 0. The largest absolute Gasteiger partial charge is 0.481 e. The summed E-state index contributed by atoms with van der Waals surface area (Å²) in [5, 5.41) is 11.1. The van der Waals surface area contributed by atoms with Crippen LogP contribution in [0.3, 0.4) is 0 Å². The summed E-state index contributed by atoms with van der Waals surface area (Å²) in [4.78, 5) is 36.5. The van der Waals surface area contributed by atoms with Gasteiger partial charge in [-0.3, -0.25) is 9.59 Å². The normalized spacial score (nSPS) is 19.7. The number of carboxylic acid groups (broad SMARTS) is 1. The first-order valence-electron chi connectivity index (χ1n) is 10.7. The quantitative estimate of drug-likeness (QED) is 0.691. The van der Waals surface area contributed by atoms with Crippen molar-refractivity contribution in [1.29, 1.82) is 0 Å². The number of benzene rings is 2. The van der Waals surface area contributed by atoms with Gasteiger partial charge in [0.1, 0.15) is 6.61 Å². The van der Waals surface area contributed by atoms with Gasteiger partial charge in [0, 0.05) is 18.5 Å². The molecule has 4 rings (SSSR count). The van der Waals surface area contributed by atoms with Crippen molar-refractivity contribution >= 4 is 18.0 Å². The highest BCUT2D eigenvalue weighted by molar-refractivity contribution is 5.86. The van der Waals surface area contributed by atoms with Crippen molar-refractivity contribution in [2.24, 2.45) is 5.92 Å². The average Bonchev–Trinajstić information content (AvgIpc) is 3.34. The molecule has 7 nitrogen and oxygen atoms in total. The van der Waals surface area contributed by atoms with Crippen LogP contribution in [0.25, 0.3) is 11.1 Å². The second-order valence-corrected chi connectivity index (χ2v) is 8.36. The predicted octanol–water partition coefficient (Wildman–Crippen LogP) is 3.48. The van der Waals surface area contributed by atoms with Crippen LogP contribution in [-0.2, 0) is 14.3 Å². The minimum absolute atomic E-state index is 0.0389. The maximum atomic E-state index is 14.5. The van der Waals surface area contributed by atoms with E-state index in [0.717, 1.165) is 27.2 Å². The van der Waals surface area contributed by atoms with Gasteiger partial charge in [0.25, 0.3) is 5.91 Å². The number of carboxylic acids is 1. The zero-order chi connectivity index (χ0) is 23.8. The van der Waals surface area contributed by atoms with E-state index in [4.69, 9.17) is 9.84 Å². The molecule has 2 aliphatic rings.